The lowest BCUT2D eigenvalue weighted by molar-refractivity contribution is -0.137. The third kappa shape index (κ3) is 3.46. The van der Waals surface area contributed by atoms with Crippen molar-refractivity contribution >= 4 is 5.69 Å². The Morgan fingerprint density at radius 2 is 1.48 bits per heavy atom. The standard InChI is InChI=1S/C21H28F3N3/c22-21(23,24)18-2-1-3-19(13-18)26-4-6-27(7-5-26)25-20-16-9-14-8-15(11-16)12-17(20)10-14/h1-3,13-17,20,25H,4-12H2. The van der Waals surface area contributed by atoms with Crippen molar-refractivity contribution < 1.29 is 13.2 Å². The maximum Gasteiger partial charge on any atom is 0.416 e. The molecular formula is C21H28F3N3. The summed E-state index contributed by atoms with van der Waals surface area (Å²) in [6.45, 7) is 3.25. The minimum Gasteiger partial charge on any atom is -0.369 e. The molecule has 0 aromatic heterocycles. The predicted octanol–water partition coefficient (Wildman–Crippen LogP) is 4.16. The Hall–Kier alpha value is -1.27. The average Bonchev–Trinajstić information content (AvgIpc) is 2.64. The van der Waals surface area contributed by atoms with Gasteiger partial charge in [0, 0.05) is 37.9 Å². The summed E-state index contributed by atoms with van der Waals surface area (Å²) < 4.78 is 38.9. The van der Waals surface area contributed by atoms with Crippen LogP contribution in [0.1, 0.15) is 37.7 Å². The van der Waals surface area contributed by atoms with E-state index < -0.39 is 11.7 Å². The molecule has 6 heteroatoms. The van der Waals surface area contributed by atoms with Crippen LogP contribution >= 0.6 is 0 Å². The van der Waals surface area contributed by atoms with Crippen molar-refractivity contribution in [1.82, 2.24) is 10.4 Å². The Bertz CT molecular complexity index is 653. The van der Waals surface area contributed by atoms with Crippen molar-refractivity contribution in [1.29, 1.82) is 0 Å². The highest BCUT2D eigenvalue weighted by atomic mass is 19.4. The van der Waals surface area contributed by atoms with Crippen LogP contribution in [0.25, 0.3) is 0 Å². The van der Waals surface area contributed by atoms with Crippen LogP contribution in [0.4, 0.5) is 18.9 Å². The second-order valence-electron chi connectivity index (χ2n) is 9.11. The highest BCUT2D eigenvalue weighted by Gasteiger charge is 2.48. The molecule has 3 nitrogen and oxygen atoms in total. The largest absolute Gasteiger partial charge is 0.416 e. The first-order chi connectivity index (χ1) is 13.0. The van der Waals surface area contributed by atoms with Gasteiger partial charge >= 0.3 is 6.18 Å². The summed E-state index contributed by atoms with van der Waals surface area (Å²) in [5, 5.41) is 2.33. The van der Waals surface area contributed by atoms with Crippen LogP contribution in [-0.2, 0) is 6.18 Å². The molecule has 27 heavy (non-hydrogen) atoms. The molecule has 0 unspecified atom stereocenters. The number of anilines is 1. The molecule has 0 radical (unpaired) electrons. The molecule has 1 aromatic rings. The molecule has 1 N–H and O–H groups in total. The normalized spacial score (nSPS) is 36.4. The van der Waals surface area contributed by atoms with Crippen LogP contribution in [-0.4, -0.2) is 37.2 Å². The molecule has 4 bridgehead atoms. The van der Waals surface area contributed by atoms with Crippen LogP contribution in [0, 0.1) is 23.7 Å². The molecule has 4 aliphatic carbocycles. The zero-order chi connectivity index (χ0) is 18.6. The number of hydrogen-bond acceptors (Lipinski definition) is 3. The van der Waals surface area contributed by atoms with Crippen LogP contribution in [0.2, 0.25) is 0 Å². The van der Waals surface area contributed by atoms with E-state index >= 15 is 0 Å². The monoisotopic (exact) mass is 379 g/mol. The Morgan fingerprint density at radius 1 is 0.852 bits per heavy atom. The number of halogens is 3. The lowest BCUT2D eigenvalue weighted by atomic mass is 9.54. The number of benzene rings is 1. The van der Waals surface area contributed by atoms with Gasteiger partial charge in [-0.25, -0.2) is 5.01 Å². The van der Waals surface area contributed by atoms with Gasteiger partial charge in [0.25, 0.3) is 0 Å². The average molecular weight is 379 g/mol. The molecule has 148 valence electrons. The lowest BCUT2D eigenvalue weighted by Crippen LogP contribution is -2.61. The summed E-state index contributed by atoms with van der Waals surface area (Å²) in [6.07, 6.45) is 2.78. The fraction of sp³-hybridized carbons (Fsp3) is 0.714. The van der Waals surface area contributed by atoms with E-state index in [1.165, 1.54) is 44.2 Å². The van der Waals surface area contributed by atoms with E-state index in [9.17, 15) is 13.2 Å². The smallest absolute Gasteiger partial charge is 0.369 e. The van der Waals surface area contributed by atoms with Gasteiger partial charge in [-0.2, -0.15) is 13.2 Å². The maximum atomic E-state index is 13.0. The third-order valence-electron chi connectivity index (χ3n) is 7.38. The summed E-state index contributed by atoms with van der Waals surface area (Å²) in [5.74, 6) is 3.62. The molecule has 5 aliphatic rings. The van der Waals surface area contributed by atoms with E-state index in [0.29, 0.717) is 11.7 Å². The third-order valence-corrected chi connectivity index (χ3v) is 7.38. The van der Waals surface area contributed by atoms with Gasteiger partial charge in [0.15, 0.2) is 0 Å². The molecule has 0 atom stereocenters. The second kappa shape index (κ2) is 6.66. The van der Waals surface area contributed by atoms with Gasteiger partial charge in [-0.05, 0) is 74.0 Å². The van der Waals surface area contributed by atoms with Gasteiger partial charge in [0.2, 0.25) is 0 Å². The number of nitrogens with zero attached hydrogens (tertiary/aromatic N) is 2. The summed E-state index contributed by atoms with van der Waals surface area (Å²) in [7, 11) is 0. The van der Waals surface area contributed by atoms with Gasteiger partial charge < -0.3 is 4.90 Å². The van der Waals surface area contributed by atoms with Crippen molar-refractivity contribution in [3.63, 3.8) is 0 Å². The Kier molecular flexibility index (Phi) is 4.39. The van der Waals surface area contributed by atoms with E-state index in [1.807, 2.05) is 0 Å². The Balaban J connectivity index is 1.19. The summed E-state index contributed by atoms with van der Waals surface area (Å²) in [4.78, 5) is 2.07. The first kappa shape index (κ1) is 17.8. The number of alkyl halides is 3. The van der Waals surface area contributed by atoms with Crippen LogP contribution in [0.15, 0.2) is 24.3 Å². The van der Waals surface area contributed by atoms with E-state index in [0.717, 1.165) is 55.9 Å². The topological polar surface area (TPSA) is 18.5 Å². The van der Waals surface area contributed by atoms with Crippen LogP contribution in [0.5, 0.6) is 0 Å². The molecule has 5 fully saturated rings. The fourth-order valence-electron chi connectivity index (χ4n) is 6.32. The highest BCUT2D eigenvalue weighted by molar-refractivity contribution is 5.49. The lowest BCUT2D eigenvalue weighted by Gasteiger charge is -2.55. The highest BCUT2D eigenvalue weighted by Crippen LogP contribution is 2.53. The molecule has 1 saturated heterocycles. The Morgan fingerprint density at radius 3 is 2.07 bits per heavy atom. The van der Waals surface area contributed by atoms with Crippen molar-refractivity contribution in [2.75, 3.05) is 31.1 Å². The van der Waals surface area contributed by atoms with E-state index in [1.54, 1.807) is 6.07 Å². The first-order valence-corrected chi connectivity index (χ1v) is 10.4. The maximum absolute atomic E-state index is 13.0. The van der Waals surface area contributed by atoms with Gasteiger partial charge in [-0.3, -0.25) is 5.43 Å². The minimum absolute atomic E-state index is 0.561. The minimum atomic E-state index is -4.28. The molecule has 6 rings (SSSR count). The SMILES string of the molecule is FC(F)(F)c1cccc(N2CCN(NC3C4CC5CC(C4)CC3C5)CC2)c1. The number of piperazine rings is 1. The quantitative estimate of drug-likeness (QED) is 0.851. The zero-order valence-electron chi connectivity index (χ0n) is 15.6. The van der Waals surface area contributed by atoms with Gasteiger partial charge in [0.1, 0.15) is 0 Å². The van der Waals surface area contributed by atoms with Crippen molar-refractivity contribution in [3.05, 3.63) is 29.8 Å². The van der Waals surface area contributed by atoms with E-state index in [4.69, 9.17) is 0 Å². The number of hydrazine groups is 1. The molecule has 4 saturated carbocycles. The molecule has 0 amide bonds. The predicted molar refractivity (Wildman–Crippen MR) is 99.2 cm³/mol. The zero-order valence-corrected chi connectivity index (χ0v) is 15.6. The number of nitrogens with one attached hydrogen (secondary N) is 1. The molecular weight excluding hydrogens is 351 g/mol. The molecule has 0 spiro atoms. The first-order valence-electron chi connectivity index (χ1n) is 10.4. The van der Waals surface area contributed by atoms with Crippen molar-refractivity contribution in [3.8, 4) is 0 Å². The van der Waals surface area contributed by atoms with Gasteiger partial charge in [0.05, 0.1) is 5.56 Å². The molecule has 1 heterocycles. The van der Waals surface area contributed by atoms with Crippen LogP contribution < -0.4 is 10.3 Å². The summed E-state index contributed by atoms with van der Waals surface area (Å²) in [6, 6.07) is 6.35. The van der Waals surface area contributed by atoms with Gasteiger partial charge in [-0.1, -0.05) is 6.07 Å². The molecule has 1 aliphatic heterocycles. The molecule has 1 aromatic carbocycles. The van der Waals surface area contributed by atoms with Crippen molar-refractivity contribution in [2.45, 2.75) is 44.3 Å². The second-order valence-corrected chi connectivity index (χ2v) is 9.11. The number of hydrogen-bond donors (Lipinski definition) is 1. The van der Waals surface area contributed by atoms with Crippen molar-refractivity contribution in [2.24, 2.45) is 23.7 Å². The number of rotatable bonds is 3. The van der Waals surface area contributed by atoms with E-state index in [2.05, 4.69) is 15.3 Å². The van der Waals surface area contributed by atoms with E-state index in [-0.39, 0.29) is 0 Å². The Labute approximate surface area is 158 Å². The summed E-state index contributed by atoms with van der Waals surface area (Å²) in [5.41, 5.74) is 3.95. The summed E-state index contributed by atoms with van der Waals surface area (Å²) >= 11 is 0. The van der Waals surface area contributed by atoms with Gasteiger partial charge in [-0.15, -0.1) is 0 Å². The van der Waals surface area contributed by atoms with Crippen LogP contribution in [0.3, 0.4) is 0 Å². The fourth-order valence-corrected chi connectivity index (χ4v) is 6.32.